The normalized spacial score (nSPS) is 11.2. The Bertz CT molecular complexity index is 1570. The average Bonchev–Trinajstić information content (AvgIpc) is 2.87. The van der Waals surface area contributed by atoms with Gasteiger partial charge in [-0.25, -0.2) is 9.18 Å². The van der Waals surface area contributed by atoms with Crippen LogP contribution in [0, 0.1) is 11.2 Å². The average molecular weight is 541 g/mol. The van der Waals surface area contributed by atoms with E-state index in [0.29, 0.717) is 11.1 Å². The molecule has 0 heterocycles. The maximum Gasteiger partial charge on any atom is 0.417 e. The Hall–Kier alpha value is -4.50. The fourth-order valence-electron chi connectivity index (χ4n) is 3.82. The number of amides is 1. The van der Waals surface area contributed by atoms with Gasteiger partial charge in [0.2, 0.25) is 0 Å². The van der Waals surface area contributed by atoms with Gasteiger partial charge in [-0.1, -0.05) is 54.1 Å². The summed E-state index contributed by atoms with van der Waals surface area (Å²) in [5.74, 6) is -2.83. The minimum atomic E-state index is -4.86. The molecule has 4 rings (SSSR count). The topological polar surface area (TPSA) is 90.2 Å². The van der Waals surface area contributed by atoms with Crippen molar-refractivity contribution in [3.05, 3.63) is 124 Å². The lowest BCUT2D eigenvalue weighted by atomic mass is 9.96. The first-order valence-corrected chi connectivity index (χ1v) is 11.3. The van der Waals surface area contributed by atoms with Crippen LogP contribution >= 0.6 is 11.6 Å². The van der Waals surface area contributed by atoms with Gasteiger partial charge in [0.1, 0.15) is 5.82 Å². The number of rotatable bonds is 6. The van der Waals surface area contributed by atoms with E-state index in [2.05, 4.69) is 5.32 Å². The highest BCUT2D eigenvalue weighted by Crippen LogP contribution is 2.36. The summed E-state index contributed by atoms with van der Waals surface area (Å²) in [5.41, 5.74) is -0.929. The molecule has 0 saturated heterocycles. The molecule has 38 heavy (non-hydrogen) atoms. The van der Waals surface area contributed by atoms with E-state index >= 15 is 0 Å². The Morgan fingerprint density at radius 3 is 2.11 bits per heavy atom. The van der Waals surface area contributed by atoms with Gasteiger partial charge in [-0.05, 0) is 53.6 Å². The van der Waals surface area contributed by atoms with Gasteiger partial charge in [0.05, 0.1) is 33.1 Å². The predicted molar refractivity (Wildman–Crippen MR) is 136 cm³/mol. The largest absolute Gasteiger partial charge is 0.478 e. The maximum absolute atomic E-state index is 13.8. The predicted octanol–water partition coefficient (Wildman–Crippen LogP) is 7.53. The molecule has 0 aliphatic rings. The van der Waals surface area contributed by atoms with Crippen LogP contribution in [-0.2, 0) is 6.18 Å². The molecule has 1 amide bonds. The minimum absolute atomic E-state index is 0.00470. The summed E-state index contributed by atoms with van der Waals surface area (Å²) in [6, 6.07) is 18.4. The molecule has 4 aromatic rings. The summed E-state index contributed by atoms with van der Waals surface area (Å²) in [5, 5.41) is 19.8. The molecule has 0 aromatic heterocycles. The third-order valence-electron chi connectivity index (χ3n) is 5.66. The van der Waals surface area contributed by atoms with Crippen LogP contribution in [0.5, 0.6) is 0 Å². The molecule has 192 valence electrons. The number of benzene rings is 4. The van der Waals surface area contributed by atoms with Crippen molar-refractivity contribution in [2.24, 2.45) is 0 Å². The van der Waals surface area contributed by atoms with E-state index in [0.717, 1.165) is 18.2 Å². The fourth-order valence-corrected chi connectivity index (χ4v) is 4.08. The van der Waals surface area contributed by atoms with E-state index in [1.54, 1.807) is 12.1 Å². The lowest BCUT2D eigenvalue weighted by Gasteiger charge is -2.17. The van der Waals surface area contributed by atoms with Gasteiger partial charge in [0.15, 0.2) is 0 Å². The standard InChI is InChI=1S/C28H17ClF4N2O3/c29-22-6-2-5-21(28(31,32)33)24(22)26(36)35-23-14-18(17-3-1-4-19(30)13-17)11-12-20(23)25(34)15-7-9-16(10-8-15)27(37)38/h1-14,34H,(H,35,36)(H,37,38). The van der Waals surface area contributed by atoms with Crippen molar-refractivity contribution in [2.45, 2.75) is 6.18 Å². The van der Waals surface area contributed by atoms with Crippen molar-refractivity contribution in [3.63, 3.8) is 0 Å². The number of halogens is 5. The first-order chi connectivity index (χ1) is 18.0. The number of hydrogen-bond donors (Lipinski definition) is 3. The van der Waals surface area contributed by atoms with Gasteiger partial charge >= 0.3 is 12.1 Å². The van der Waals surface area contributed by atoms with Gasteiger partial charge in [0, 0.05) is 11.1 Å². The highest BCUT2D eigenvalue weighted by molar-refractivity contribution is 6.34. The number of alkyl halides is 3. The van der Waals surface area contributed by atoms with E-state index in [4.69, 9.17) is 22.1 Å². The maximum atomic E-state index is 13.8. The molecule has 5 nitrogen and oxygen atoms in total. The van der Waals surface area contributed by atoms with Gasteiger partial charge in [-0.2, -0.15) is 13.2 Å². The summed E-state index contributed by atoms with van der Waals surface area (Å²) >= 11 is 5.99. The molecule has 0 unspecified atom stereocenters. The minimum Gasteiger partial charge on any atom is -0.478 e. The second-order valence-electron chi connectivity index (χ2n) is 8.14. The molecule has 0 aliphatic carbocycles. The molecule has 0 spiro atoms. The molecule has 0 atom stereocenters. The molecule has 3 N–H and O–H groups in total. The van der Waals surface area contributed by atoms with E-state index in [9.17, 15) is 27.2 Å². The summed E-state index contributed by atoms with van der Waals surface area (Å²) < 4.78 is 54.7. The zero-order valence-corrected chi connectivity index (χ0v) is 20.0. The van der Waals surface area contributed by atoms with Crippen LogP contribution in [0.25, 0.3) is 11.1 Å². The van der Waals surface area contributed by atoms with Crippen LogP contribution in [0.15, 0.2) is 84.9 Å². The number of anilines is 1. The van der Waals surface area contributed by atoms with Gasteiger partial charge in [-0.3, -0.25) is 10.2 Å². The number of nitrogens with one attached hydrogen (secondary N) is 2. The lowest BCUT2D eigenvalue weighted by Crippen LogP contribution is -2.20. The molecule has 0 fully saturated rings. The Morgan fingerprint density at radius 1 is 0.842 bits per heavy atom. The SMILES string of the molecule is N=C(c1ccc(C(=O)O)cc1)c1ccc(-c2cccc(F)c2)cc1NC(=O)c1c(Cl)cccc1C(F)(F)F. The third kappa shape index (κ3) is 5.57. The Balaban J connectivity index is 1.81. The van der Waals surface area contributed by atoms with E-state index in [1.165, 1.54) is 54.6 Å². The van der Waals surface area contributed by atoms with Gasteiger partial charge in [0.25, 0.3) is 5.91 Å². The smallest absolute Gasteiger partial charge is 0.417 e. The second kappa shape index (κ2) is 10.5. The summed E-state index contributed by atoms with van der Waals surface area (Å²) in [6.07, 6.45) is -4.86. The fraction of sp³-hybridized carbons (Fsp3) is 0.0357. The number of carboxylic acid groups (broad SMARTS) is 1. The molecule has 10 heteroatoms. The van der Waals surface area contributed by atoms with Gasteiger partial charge < -0.3 is 10.4 Å². The highest BCUT2D eigenvalue weighted by atomic mass is 35.5. The molecule has 0 bridgehead atoms. The van der Waals surface area contributed by atoms with E-state index in [-0.39, 0.29) is 28.1 Å². The van der Waals surface area contributed by atoms with Crippen molar-refractivity contribution >= 4 is 34.9 Å². The number of hydrogen-bond acceptors (Lipinski definition) is 3. The van der Waals surface area contributed by atoms with Crippen LogP contribution < -0.4 is 5.32 Å². The van der Waals surface area contributed by atoms with Crippen LogP contribution in [-0.4, -0.2) is 22.7 Å². The molecule has 0 aliphatic heterocycles. The Labute approximate surface area is 218 Å². The molecular weight excluding hydrogens is 524 g/mol. The van der Waals surface area contributed by atoms with Crippen molar-refractivity contribution in [3.8, 4) is 11.1 Å². The molecule has 0 radical (unpaired) electrons. The van der Waals surface area contributed by atoms with Crippen LogP contribution in [0.2, 0.25) is 5.02 Å². The van der Waals surface area contributed by atoms with Crippen LogP contribution in [0.4, 0.5) is 23.2 Å². The monoisotopic (exact) mass is 540 g/mol. The zero-order chi connectivity index (χ0) is 27.6. The van der Waals surface area contributed by atoms with Crippen molar-refractivity contribution in [1.82, 2.24) is 0 Å². The van der Waals surface area contributed by atoms with E-state index in [1.807, 2.05) is 0 Å². The first kappa shape index (κ1) is 26.6. The van der Waals surface area contributed by atoms with E-state index < -0.39 is 40.0 Å². The summed E-state index contributed by atoms with van der Waals surface area (Å²) in [7, 11) is 0. The molecule has 4 aromatic carbocycles. The molecule has 0 saturated carbocycles. The first-order valence-electron chi connectivity index (χ1n) is 11.0. The van der Waals surface area contributed by atoms with Crippen LogP contribution in [0.1, 0.15) is 37.4 Å². The number of carbonyl (C=O) groups is 2. The molecular formula is C28H17ClF4N2O3. The van der Waals surface area contributed by atoms with Crippen molar-refractivity contribution in [2.75, 3.05) is 5.32 Å². The lowest BCUT2D eigenvalue weighted by molar-refractivity contribution is -0.137. The second-order valence-corrected chi connectivity index (χ2v) is 8.55. The van der Waals surface area contributed by atoms with Crippen molar-refractivity contribution in [1.29, 1.82) is 5.41 Å². The highest BCUT2D eigenvalue weighted by Gasteiger charge is 2.36. The van der Waals surface area contributed by atoms with Crippen molar-refractivity contribution < 1.29 is 32.3 Å². The summed E-state index contributed by atoms with van der Waals surface area (Å²) in [4.78, 5) is 24.3. The van der Waals surface area contributed by atoms with Gasteiger partial charge in [-0.15, -0.1) is 0 Å². The zero-order valence-electron chi connectivity index (χ0n) is 19.2. The quantitative estimate of drug-likeness (QED) is 0.174. The number of carbonyl (C=O) groups excluding carboxylic acids is 1. The summed E-state index contributed by atoms with van der Waals surface area (Å²) in [6.45, 7) is 0. The third-order valence-corrected chi connectivity index (χ3v) is 5.98. The Kier molecular flexibility index (Phi) is 7.32. The number of aromatic carboxylic acids is 1. The van der Waals surface area contributed by atoms with Crippen LogP contribution in [0.3, 0.4) is 0 Å². The number of carboxylic acids is 1. The Morgan fingerprint density at radius 2 is 1.47 bits per heavy atom.